The van der Waals surface area contributed by atoms with Gasteiger partial charge in [0, 0.05) is 5.33 Å². The van der Waals surface area contributed by atoms with Crippen molar-refractivity contribution < 1.29 is 0 Å². The molecule has 0 aromatic carbocycles. The molecule has 0 fully saturated rings. The number of nitrogens with zero attached hydrogens (tertiary/aromatic N) is 1. The Balaban J connectivity index is 3.72. The highest BCUT2D eigenvalue weighted by atomic mass is 79.9. The van der Waals surface area contributed by atoms with E-state index in [9.17, 15) is 0 Å². The molecule has 0 rings (SSSR count). The maximum Gasteiger partial charge on any atom is 0.0695 e. The lowest BCUT2D eigenvalue weighted by Crippen LogP contribution is -2.14. The van der Waals surface area contributed by atoms with E-state index in [-0.39, 0.29) is 5.41 Å². The monoisotopic (exact) mass is 203 g/mol. The summed E-state index contributed by atoms with van der Waals surface area (Å²) < 4.78 is 0. The van der Waals surface area contributed by atoms with E-state index < -0.39 is 0 Å². The molecule has 0 aliphatic carbocycles. The Morgan fingerprint density at radius 3 is 2.50 bits per heavy atom. The minimum atomic E-state index is -0.143. The molecule has 0 heterocycles. The van der Waals surface area contributed by atoms with Gasteiger partial charge in [-0.15, -0.1) is 0 Å². The number of unbranched alkanes of at least 4 members (excludes halogenated alkanes) is 1. The molecule has 0 amide bonds. The summed E-state index contributed by atoms with van der Waals surface area (Å²) in [5.74, 6) is 0. The zero-order valence-electron chi connectivity index (χ0n) is 6.65. The van der Waals surface area contributed by atoms with Crippen molar-refractivity contribution in [3.8, 4) is 6.07 Å². The van der Waals surface area contributed by atoms with Gasteiger partial charge in [0.25, 0.3) is 0 Å². The maximum absolute atomic E-state index is 8.73. The SMILES string of the molecule is CCCCC(C)(C#N)CBr. The number of alkyl halides is 1. The molecule has 0 aliphatic rings. The van der Waals surface area contributed by atoms with E-state index in [1.807, 2.05) is 6.92 Å². The molecule has 0 saturated carbocycles. The Labute approximate surface area is 71.6 Å². The van der Waals surface area contributed by atoms with E-state index in [0.717, 1.165) is 18.2 Å². The van der Waals surface area contributed by atoms with Crippen molar-refractivity contribution in [1.82, 2.24) is 0 Å². The highest BCUT2D eigenvalue weighted by molar-refractivity contribution is 9.09. The van der Waals surface area contributed by atoms with Crippen LogP contribution in [0.15, 0.2) is 0 Å². The van der Waals surface area contributed by atoms with Gasteiger partial charge in [-0.05, 0) is 13.3 Å². The predicted molar refractivity (Wildman–Crippen MR) is 47.0 cm³/mol. The Morgan fingerprint density at radius 1 is 1.60 bits per heavy atom. The van der Waals surface area contributed by atoms with Gasteiger partial charge in [0.1, 0.15) is 0 Å². The Kier molecular flexibility index (Phi) is 4.72. The third-order valence-electron chi connectivity index (χ3n) is 1.65. The highest BCUT2D eigenvalue weighted by Crippen LogP contribution is 2.24. The van der Waals surface area contributed by atoms with E-state index in [0.29, 0.717) is 0 Å². The van der Waals surface area contributed by atoms with Gasteiger partial charge in [-0.3, -0.25) is 0 Å². The van der Waals surface area contributed by atoms with E-state index in [1.165, 1.54) is 6.42 Å². The first kappa shape index (κ1) is 9.97. The van der Waals surface area contributed by atoms with Crippen molar-refractivity contribution in [2.24, 2.45) is 5.41 Å². The lowest BCUT2D eigenvalue weighted by atomic mass is 9.89. The molecule has 0 saturated heterocycles. The Hall–Kier alpha value is -0.0300. The van der Waals surface area contributed by atoms with Crippen LogP contribution in [0, 0.1) is 16.7 Å². The Morgan fingerprint density at radius 2 is 2.20 bits per heavy atom. The van der Waals surface area contributed by atoms with Crippen LogP contribution in [0.25, 0.3) is 0 Å². The normalized spacial score (nSPS) is 15.8. The maximum atomic E-state index is 8.73. The third-order valence-corrected chi connectivity index (χ3v) is 2.88. The van der Waals surface area contributed by atoms with Crippen molar-refractivity contribution in [3.05, 3.63) is 0 Å². The fourth-order valence-electron chi connectivity index (χ4n) is 0.720. The lowest BCUT2D eigenvalue weighted by Gasteiger charge is -2.16. The van der Waals surface area contributed by atoms with Crippen molar-refractivity contribution in [1.29, 1.82) is 5.26 Å². The molecule has 2 heteroatoms. The summed E-state index contributed by atoms with van der Waals surface area (Å²) in [5.41, 5.74) is -0.143. The second-order valence-electron chi connectivity index (χ2n) is 2.91. The molecule has 1 atom stereocenters. The summed E-state index contributed by atoms with van der Waals surface area (Å²) in [7, 11) is 0. The summed E-state index contributed by atoms with van der Waals surface area (Å²) >= 11 is 3.34. The lowest BCUT2D eigenvalue weighted by molar-refractivity contribution is 0.443. The summed E-state index contributed by atoms with van der Waals surface area (Å²) in [6, 6.07) is 2.32. The van der Waals surface area contributed by atoms with Crippen LogP contribution < -0.4 is 0 Å². The van der Waals surface area contributed by atoms with E-state index in [2.05, 4.69) is 28.9 Å². The minimum Gasteiger partial charge on any atom is -0.198 e. The first-order valence-electron chi connectivity index (χ1n) is 3.66. The van der Waals surface area contributed by atoms with Crippen LogP contribution in [-0.4, -0.2) is 5.33 Å². The van der Waals surface area contributed by atoms with Gasteiger partial charge in [0.15, 0.2) is 0 Å². The smallest absolute Gasteiger partial charge is 0.0695 e. The van der Waals surface area contributed by atoms with Crippen LogP contribution in [0.3, 0.4) is 0 Å². The van der Waals surface area contributed by atoms with Crippen LogP contribution in [-0.2, 0) is 0 Å². The predicted octanol–water partition coefficient (Wildman–Crippen LogP) is 3.10. The van der Waals surface area contributed by atoms with Gasteiger partial charge in [-0.2, -0.15) is 5.26 Å². The van der Waals surface area contributed by atoms with Crippen molar-refractivity contribution in [3.63, 3.8) is 0 Å². The summed E-state index contributed by atoms with van der Waals surface area (Å²) in [6.07, 6.45) is 3.32. The fourth-order valence-corrected chi connectivity index (χ4v) is 1.13. The van der Waals surface area contributed by atoms with Crippen molar-refractivity contribution in [2.75, 3.05) is 5.33 Å². The first-order valence-corrected chi connectivity index (χ1v) is 4.78. The van der Waals surface area contributed by atoms with Crippen LogP contribution >= 0.6 is 15.9 Å². The van der Waals surface area contributed by atoms with Crippen molar-refractivity contribution in [2.45, 2.75) is 33.1 Å². The second-order valence-corrected chi connectivity index (χ2v) is 3.47. The molecule has 0 spiro atoms. The molecule has 0 bridgehead atoms. The third kappa shape index (κ3) is 3.22. The molecule has 0 aliphatic heterocycles. The van der Waals surface area contributed by atoms with Gasteiger partial charge in [0.2, 0.25) is 0 Å². The molecule has 0 radical (unpaired) electrons. The standard InChI is InChI=1S/C8H14BrN/c1-3-4-5-8(2,6-9)7-10/h3-6H2,1-2H3. The number of halogens is 1. The Bertz CT molecular complexity index is 128. The average molecular weight is 204 g/mol. The molecular formula is C8H14BrN. The second kappa shape index (κ2) is 4.73. The first-order chi connectivity index (χ1) is 4.68. The van der Waals surface area contributed by atoms with E-state index in [1.54, 1.807) is 0 Å². The molecule has 0 aromatic heterocycles. The molecular weight excluding hydrogens is 190 g/mol. The summed E-state index contributed by atoms with van der Waals surface area (Å²) in [4.78, 5) is 0. The zero-order valence-corrected chi connectivity index (χ0v) is 8.24. The quantitative estimate of drug-likeness (QED) is 0.645. The minimum absolute atomic E-state index is 0.143. The average Bonchev–Trinajstić information content (AvgIpc) is 2.00. The van der Waals surface area contributed by atoms with Crippen LogP contribution in [0.1, 0.15) is 33.1 Å². The van der Waals surface area contributed by atoms with E-state index >= 15 is 0 Å². The van der Waals surface area contributed by atoms with Gasteiger partial charge in [-0.1, -0.05) is 35.7 Å². The number of hydrogen-bond acceptors (Lipinski definition) is 1. The fraction of sp³-hybridized carbons (Fsp3) is 0.875. The van der Waals surface area contributed by atoms with Crippen LogP contribution in [0.4, 0.5) is 0 Å². The molecule has 1 unspecified atom stereocenters. The largest absolute Gasteiger partial charge is 0.198 e. The molecule has 10 heavy (non-hydrogen) atoms. The summed E-state index contributed by atoms with van der Waals surface area (Å²) in [5, 5.41) is 9.52. The number of rotatable bonds is 4. The van der Waals surface area contributed by atoms with E-state index in [4.69, 9.17) is 5.26 Å². The van der Waals surface area contributed by atoms with Crippen LogP contribution in [0.2, 0.25) is 0 Å². The van der Waals surface area contributed by atoms with Crippen LogP contribution in [0.5, 0.6) is 0 Å². The number of hydrogen-bond donors (Lipinski definition) is 0. The zero-order chi connectivity index (χ0) is 8.04. The van der Waals surface area contributed by atoms with Gasteiger partial charge in [-0.25, -0.2) is 0 Å². The van der Waals surface area contributed by atoms with Gasteiger partial charge < -0.3 is 0 Å². The number of nitriles is 1. The van der Waals surface area contributed by atoms with Gasteiger partial charge in [0.05, 0.1) is 11.5 Å². The highest BCUT2D eigenvalue weighted by Gasteiger charge is 2.20. The molecule has 0 aromatic rings. The molecule has 58 valence electrons. The molecule has 1 nitrogen and oxygen atoms in total. The topological polar surface area (TPSA) is 23.8 Å². The molecule has 0 N–H and O–H groups in total. The van der Waals surface area contributed by atoms with Crippen molar-refractivity contribution >= 4 is 15.9 Å². The summed E-state index contributed by atoms with van der Waals surface area (Å²) in [6.45, 7) is 4.14. The van der Waals surface area contributed by atoms with Gasteiger partial charge >= 0.3 is 0 Å².